The molecule has 0 saturated heterocycles. The molecule has 1 heterocycles. The Balaban J connectivity index is 0.00000338. The van der Waals surface area contributed by atoms with E-state index in [1.807, 2.05) is 42.3 Å². The Morgan fingerprint density at radius 1 is 1.12 bits per heavy atom. The minimum atomic E-state index is -0.0292. The van der Waals surface area contributed by atoms with Gasteiger partial charge in [-0.3, -0.25) is 4.79 Å². The van der Waals surface area contributed by atoms with E-state index in [0.29, 0.717) is 19.0 Å². The molecular formula is C19H27IN4O2. The molecule has 0 aliphatic heterocycles. The summed E-state index contributed by atoms with van der Waals surface area (Å²) in [7, 11) is 5.43. The first kappa shape index (κ1) is 22.0. The van der Waals surface area contributed by atoms with Crippen molar-refractivity contribution in [3.8, 4) is 0 Å². The lowest BCUT2D eigenvalue weighted by Gasteiger charge is -2.23. The summed E-state index contributed by atoms with van der Waals surface area (Å²) in [6.07, 6.45) is 2.43. The third kappa shape index (κ3) is 7.47. The summed E-state index contributed by atoms with van der Waals surface area (Å²) in [4.78, 5) is 19.9. The van der Waals surface area contributed by atoms with Gasteiger partial charge in [-0.15, -0.1) is 24.0 Å². The van der Waals surface area contributed by atoms with Gasteiger partial charge in [0, 0.05) is 40.7 Å². The van der Waals surface area contributed by atoms with Crippen molar-refractivity contribution in [1.82, 2.24) is 15.1 Å². The maximum absolute atomic E-state index is 11.8. The minimum absolute atomic E-state index is 0. The van der Waals surface area contributed by atoms with Gasteiger partial charge < -0.3 is 19.5 Å². The van der Waals surface area contributed by atoms with Gasteiger partial charge >= 0.3 is 0 Å². The number of furan rings is 1. The minimum Gasteiger partial charge on any atom is -0.469 e. The van der Waals surface area contributed by atoms with Crippen LogP contribution in [0.15, 0.2) is 58.1 Å². The highest BCUT2D eigenvalue weighted by Crippen LogP contribution is 2.04. The summed E-state index contributed by atoms with van der Waals surface area (Å²) in [5.74, 6) is 1.59. The van der Waals surface area contributed by atoms with Crippen molar-refractivity contribution in [1.29, 1.82) is 0 Å². The molecule has 0 unspecified atom stereocenters. The molecule has 6 nitrogen and oxygen atoms in total. The number of amides is 1. The molecule has 1 aromatic carbocycles. The van der Waals surface area contributed by atoms with Crippen LogP contribution >= 0.6 is 24.0 Å². The number of nitrogens with zero attached hydrogens (tertiary/aromatic N) is 3. The molecule has 1 aromatic heterocycles. The third-order valence-corrected chi connectivity index (χ3v) is 3.72. The number of hydrogen-bond acceptors (Lipinski definition) is 3. The van der Waals surface area contributed by atoms with E-state index in [1.165, 1.54) is 5.56 Å². The summed E-state index contributed by atoms with van der Waals surface area (Å²) < 4.78 is 5.35. The second kappa shape index (κ2) is 11.6. The molecular weight excluding hydrogens is 443 g/mol. The molecule has 0 saturated carbocycles. The number of likely N-dealkylation sites (N-methyl/N-ethyl adjacent to an activating group) is 1. The number of rotatable bonds is 7. The van der Waals surface area contributed by atoms with Gasteiger partial charge in [-0.2, -0.15) is 0 Å². The van der Waals surface area contributed by atoms with Gasteiger partial charge in [0.2, 0.25) is 5.91 Å². The van der Waals surface area contributed by atoms with Crippen LogP contribution in [-0.4, -0.2) is 55.9 Å². The number of halogens is 1. The maximum Gasteiger partial charge on any atom is 0.243 e. The average molecular weight is 470 g/mol. The van der Waals surface area contributed by atoms with E-state index in [4.69, 9.17) is 4.42 Å². The predicted octanol–water partition coefficient (Wildman–Crippen LogP) is 2.61. The smallest absolute Gasteiger partial charge is 0.243 e. The van der Waals surface area contributed by atoms with E-state index in [-0.39, 0.29) is 36.4 Å². The van der Waals surface area contributed by atoms with Crippen molar-refractivity contribution >= 4 is 35.8 Å². The largest absolute Gasteiger partial charge is 0.469 e. The molecule has 0 radical (unpaired) electrons. The summed E-state index contributed by atoms with van der Waals surface area (Å²) in [5, 5.41) is 3.32. The van der Waals surface area contributed by atoms with Gasteiger partial charge in [0.15, 0.2) is 5.96 Å². The second-order valence-corrected chi connectivity index (χ2v) is 6.03. The Morgan fingerprint density at radius 3 is 2.46 bits per heavy atom. The highest BCUT2D eigenvalue weighted by molar-refractivity contribution is 14.0. The summed E-state index contributed by atoms with van der Waals surface area (Å²) in [5.41, 5.74) is 1.18. The van der Waals surface area contributed by atoms with Crippen LogP contribution in [0.25, 0.3) is 0 Å². The van der Waals surface area contributed by atoms with Crippen molar-refractivity contribution in [2.24, 2.45) is 4.99 Å². The topological polar surface area (TPSA) is 61.1 Å². The average Bonchev–Trinajstić information content (AvgIpc) is 3.11. The van der Waals surface area contributed by atoms with E-state index in [0.717, 1.165) is 12.2 Å². The molecule has 0 bridgehead atoms. The van der Waals surface area contributed by atoms with Crippen LogP contribution in [0.3, 0.4) is 0 Å². The number of benzene rings is 1. The van der Waals surface area contributed by atoms with Gasteiger partial charge in [-0.05, 0) is 17.7 Å². The number of nitrogens with one attached hydrogen (secondary N) is 1. The van der Waals surface area contributed by atoms with Crippen molar-refractivity contribution in [2.45, 2.75) is 13.0 Å². The Bertz CT molecular complexity index is 672. The van der Waals surface area contributed by atoms with E-state index >= 15 is 0 Å². The standard InChI is InChI=1S/C19H26N4O2.HI/c1-22(2)18(24)14-21-19(20-12-11-17-10-7-13-25-17)23(3)15-16-8-5-4-6-9-16;/h4-10,13H,11-12,14-15H2,1-3H3,(H,20,21);1H. The normalized spacial score (nSPS) is 10.8. The molecule has 1 amide bonds. The molecule has 0 fully saturated rings. The van der Waals surface area contributed by atoms with Gasteiger partial charge in [-0.1, -0.05) is 30.3 Å². The fourth-order valence-corrected chi connectivity index (χ4v) is 2.28. The van der Waals surface area contributed by atoms with Crippen molar-refractivity contribution in [2.75, 3.05) is 34.2 Å². The number of aliphatic imine (C=N–C) groups is 1. The van der Waals surface area contributed by atoms with Gasteiger partial charge in [-0.25, -0.2) is 4.99 Å². The number of guanidine groups is 1. The maximum atomic E-state index is 11.8. The SMILES string of the molecule is CN(C)C(=O)CN=C(NCCc1ccco1)N(C)Cc1ccccc1.I. The Kier molecular flexibility index (Phi) is 9.79. The molecule has 7 heteroatoms. The Morgan fingerprint density at radius 2 is 1.85 bits per heavy atom. The lowest BCUT2D eigenvalue weighted by Crippen LogP contribution is -2.40. The molecule has 2 rings (SSSR count). The van der Waals surface area contributed by atoms with Crippen LogP contribution < -0.4 is 5.32 Å². The first-order chi connectivity index (χ1) is 12.1. The van der Waals surface area contributed by atoms with Crippen LogP contribution in [0.5, 0.6) is 0 Å². The summed E-state index contributed by atoms with van der Waals surface area (Å²) in [6.45, 7) is 1.51. The number of carbonyl (C=O) groups excluding carboxylic acids is 1. The first-order valence-corrected chi connectivity index (χ1v) is 8.32. The highest BCUT2D eigenvalue weighted by atomic mass is 127. The molecule has 0 aliphatic rings. The van der Waals surface area contributed by atoms with Gasteiger partial charge in [0.1, 0.15) is 12.3 Å². The van der Waals surface area contributed by atoms with Crippen molar-refractivity contribution in [3.63, 3.8) is 0 Å². The Hall–Kier alpha value is -2.03. The molecule has 0 atom stereocenters. The first-order valence-electron chi connectivity index (χ1n) is 8.32. The number of carbonyl (C=O) groups is 1. The lowest BCUT2D eigenvalue weighted by molar-refractivity contribution is -0.127. The zero-order chi connectivity index (χ0) is 18.1. The van der Waals surface area contributed by atoms with E-state index < -0.39 is 0 Å². The zero-order valence-corrected chi connectivity index (χ0v) is 17.8. The third-order valence-electron chi connectivity index (χ3n) is 3.72. The molecule has 2 aromatic rings. The van der Waals surface area contributed by atoms with Gasteiger partial charge in [0.25, 0.3) is 0 Å². The second-order valence-electron chi connectivity index (χ2n) is 6.03. The van der Waals surface area contributed by atoms with E-state index in [2.05, 4.69) is 22.4 Å². The molecule has 0 spiro atoms. The van der Waals surface area contributed by atoms with E-state index in [1.54, 1.807) is 25.3 Å². The molecule has 0 aliphatic carbocycles. The number of hydrogen-bond donors (Lipinski definition) is 1. The van der Waals surface area contributed by atoms with Crippen LogP contribution in [0, 0.1) is 0 Å². The fourth-order valence-electron chi connectivity index (χ4n) is 2.28. The highest BCUT2D eigenvalue weighted by Gasteiger charge is 2.10. The van der Waals surface area contributed by atoms with Crippen LogP contribution in [0.1, 0.15) is 11.3 Å². The molecule has 1 N–H and O–H groups in total. The quantitative estimate of drug-likeness (QED) is 0.384. The van der Waals surface area contributed by atoms with Crippen LogP contribution in [0.4, 0.5) is 0 Å². The predicted molar refractivity (Wildman–Crippen MR) is 115 cm³/mol. The Labute approximate surface area is 172 Å². The van der Waals surface area contributed by atoms with Gasteiger partial charge in [0.05, 0.1) is 6.26 Å². The molecule has 26 heavy (non-hydrogen) atoms. The summed E-state index contributed by atoms with van der Waals surface area (Å²) >= 11 is 0. The molecule has 142 valence electrons. The van der Waals surface area contributed by atoms with Crippen molar-refractivity contribution < 1.29 is 9.21 Å². The zero-order valence-electron chi connectivity index (χ0n) is 15.5. The van der Waals surface area contributed by atoms with E-state index in [9.17, 15) is 4.79 Å². The van der Waals surface area contributed by atoms with Crippen molar-refractivity contribution in [3.05, 3.63) is 60.1 Å². The summed E-state index contributed by atoms with van der Waals surface area (Å²) in [6, 6.07) is 14.0. The fraction of sp³-hybridized carbons (Fsp3) is 0.368. The lowest BCUT2D eigenvalue weighted by atomic mass is 10.2. The van der Waals surface area contributed by atoms with Crippen LogP contribution in [0.2, 0.25) is 0 Å². The monoisotopic (exact) mass is 470 g/mol. The van der Waals surface area contributed by atoms with Crippen LogP contribution in [-0.2, 0) is 17.8 Å².